The summed E-state index contributed by atoms with van der Waals surface area (Å²) in [5.74, 6) is -1.70. The number of carboxylic acid groups (broad SMARTS) is 1. The second-order valence-electron chi connectivity index (χ2n) is 17.1. The number of fused-ring (bicyclic) bond motifs is 5. The lowest BCUT2D eigenvalue weighted by Crippen LogP contribution is -2.44. The SMILES string of the molecule is CCOCCOCCOCCOCCOCCOCCCNCCNCC(=O)Nc1ccccc1N(C(=O)O)[C@H]1CCc2c(C)c(F)cc3nc4c(c1c23)Cn1c-4cc2c(c1=O)COC(=O)[C@]2(O)CC. The van der Waals surface area contributed by atoms with Crippen LogP contribution in [0.3, 0.4) is 0 Å². The minimum atomic E-state index is -2.06. The number of pyridine rings is 2. The molecular formula is C50H65FN6O13. The Balaban J connectivity index is 0.894. The van der Waals surface area contributed by atoms with Crippen molar-refractivity contribution in [2.75, 3.05) is 116 Å². The standard InChI is InChI=1S/C50H65FN6O13/c1-4-50(63)36-27-42-46-34(30-56(42)47(59)35(36)31-70-48(50)60)45-41(12-11-33-32(3)37(51)28-39(55-46)44(33)45)57(49(61)62)40-10-7-6-9-38(40)54-43(58)29-53-15-14-52-13-8-16-65-19-20-67-23-24-69-26-25-68-22-21-66-18-17-64-5-2/h6-7,9-10,27-28,41,52-53,63H,4-5,8,11-26,29-31H2,1-3H3,(H,54,58)(H,61,62)/t41-,50-/m0/s1. The van der Waals surface area contributed by atoms with E-state index in [1.807, 2.05) is 6.92 Å². The van der Waals surface area contributed by atoms with E-state index < -0.39 is 35.1 Å². The van der Waals surface area contributed by atoms with Gasteiger partial charge in [0.05, 0.1) is 119 Å². The van der Waals surface area contributed by atoms with Gasteiger partial charge in [-0.15, -0.1) is 0 Å². The van der Waals surface area contributed by atoms with Gasteiger partial charge in [0.1, 0.15) is 12.4 Å². The predicted molar refractivity (Wildman–Crippen MR) is 257 cm³/mol. The number of hydrogen-bond donors (Lipinski definition) is 5. The molecule has 1 aliphatic carbocycles. The lowest BCUT2D eigenvalue weighted by atomic mass is 9.81. The van der Waals surface area contributed by atoms with Crippen LogP contribution >= 0.6 is 0 Å². The Morgan fingerprint density at radius 2 is 1.51 bits per heavy atom. The average molecular weight is 977 g/mol. The Bertz CT molecular complexity index is 2540. The number of nitrogens with one attached hydrogen (secondary N) is 3. The molecule has 2 atom stereocenters. The van der Waals surface area contributed by atoms with Crippen molar-refractivity contribution in [3.8, 4) is 11.4 Å². The zero-order chi connectivity index (χ0) is 49.6. The largest absolute Gasteiger partial charge is 0.465 e. The molecule has 2 amide bonds. The molecule has 4 heterocycles. The number of aliphatic hydroxyl groups is 1. The van der Waals surface area contributed by atoms with Crippen molar-refractivity contribution in [3.63, 3.8) is 0 Å². The van der Waals surface area contributed by atoms with Gasteiger partial charge < -0.3 is 63.9 Å². The highest BCUT2D eigenvalue weighted by atomic mass is 19.1. The number of halogens is 1. The number of cyclic esters (lactones) is 1. The van der Waals surface area contributed by atoms with Gasteiger partial charge in [-0.2, -0.15) is 0 Å². The third-order valence-corrected chi connectivity index (χ3v) is 12.8. The molecule has 7 rings (SSSR count). The summed E-state index contributed by atoms with van der Waals surface area (Å²) in [5.41, 5.74) is 1.44. The topological polar surface area (TPSA) is 230 Å². The lowest BCUT2D eigenvalue weighted by Gasteiger charge is -2.36. The van der Waals surface area contributed by atoms with Gasteiger partial charge in [0.25, 0.3) is 5.56 Å². The van der Waals surface area contributed by atoms with Crippen molar-refractivity contribution in [1.82, 2.24) is 20.2 Å². The van der Waals surface area contributed by atoms with E-state index in [1.165, 1.54) is 15.5 Å². The van der Waals surface area contributed by atoms with Crippen molar-refractivity contribution in [1.29, 1.82) is 0 Å². The fraction of sp³-hybridized carbons (Fsp3) is 0.540. The summed E-state index contributed by atoms with van der Waals surface area (Å²) in [4.78, 5) is 59.9. The van der Waals surface area contributed by atoms with Crippen LogP contribution in [-0.2, 0) is 67.9 Å². The molecule has 5 N–H and O–H groups in total. The van der Waals surface area contributed by atoms with Gasteiger partial charge >= 0.3 is 12.1 Å². The van der Waals surface area contributed by atoms with Crippen molar-refractivity contribution >= 4 is 40.2 Å². The molecule has 3 aliphatic rings. The molecule has 20 heteroatoms. The first-order valence-electron chi connectivity index (χ1n) is 24.1. The van der Waals surface area contributed by atoms with E-state index in [0.717, 1.165) is 13.0 Å². The predicted octanol–water partition coefficient (Wildman–Crippen LogP) is 4.33. The molecule has 0 saturated heterocycles. The third-order valence-electron chi connectivity index (χ3n) is 12.8. The molecule has 2 aromatic carbocycles. The molecule has 0 saturated carbocycles. The first-order chi connectivity index (χ1) is 34.0. The molecular weight excluding hydrogens is 912 g/mol. The number of rotatable bonds is 29. The van der Waals surface area contributed by atoms with Crippen LogP contribution in [0, 0.1) is 12.7 Å². The number of carbonyl (C=O) groups is 3. The van der Waals surface area contributed by atoms with Gasteiger partial charge in [0.2, 0.25) is 5.91 Å². The molecule has 2 aliphatic heterocycles. The van der Waals surface area contributed by atoms with Crippen molar-refractivity contribution in [3.05, 3.63) is 85.9 Å². The molecule has 0 fully saturated rings. The van der Waals surface area contributed by atoms with E-state index in [9.17, 15) is 29.4 Å². The van der Waals surface area contributed by atoms with E-state index in [1.54, 1.807) is 44.2 Å². The summed E-state index contributed by atoms with van der Waals surface area (Å²) in [7, 11) is 0. The molecule has 4 aromatic rings. The number of aryl methyl sites for hydroxylation is 1. The smallest absolute Gasteiger partial charge is 0.412 e. The number of hydrogen-bond acceptors (Lipinski definition) is 15. The maximum atomic E-state index is 15.6. The van der Waals surface area contributed by atoms with E-state index in [0.29, 0.717) is 138 Å². The van der Waals surface area contributed by atoms with E-state index in [4.69, 9.17) is 38.1 Å². The van der Waals surface area contributed by atoms with Gasteiger partial charge in [-0.3, -0.25) is 14.5 Å². The summed E-state index contributed by atoms with van der Waals surface area (Å²) in [6, 6.07) is 8.70. The summed E-state index contributed by atoms with van der Waals surface area (Å²) < 4.78 is 55.0. The average Bonchev–Trinajstić information content (AvgIpc) is 3.72. The maximum absolute atomic E-state index is 15.6. The van der Waals surface area contributed by atoms with E-state index in [-0.39, 0.29) is 66.5 Å². The normalized spacial score (nSPS) is 16.8. The van der Waals surface area contributed by atoms with Crippen LogP contribution in [0.1, 0.15) is 72.5 Å². The number of ether oxygens (including phenoxy) is 7. The Kier molecular flexibility index (Phi) is 18.8. The van der Waals surface area contributed by atoms with Crippen LogP contribution in [0.2, 0.25) is 0 Å². The van der Waals surface area contributed by atoms with Gasteiger partial charge in [-0.05, 0) is 81.0 Å². The summed E-state index contributed by atoms with van der Waals surface area (Å²) in [6.07, 6.45) is 0.0604. The summed E-state index contributed by atoms with van der Waals surface area (Å²) >= 11 is 0. The number of anilines is 2. The molecule has 0 spiro atoms. The maximum Gasteiger partial charge on any atom is 0.412 e. The second-order valence-corrected chi connectivity index (χ2v) is 17.1. The summed E-state index contributed by atoms with van der Waals surface area (Å²) in [5, 5.41) is 32.4. The van der Waals surface area contributed by atoms with Gasteiger partial charge in [0.15, 0.2) is 5.60 Å². The molecule has 2 aromatic heterocycles. The first-order valence-corrected chi connectivity index (χ1v) is 24.1. The van der Waals surface area contributed by atoms with Crippen molar-refractivity contribution in [2.24, 2.45) is 0 Å². The van der Waals surface area contributed by atoms with E-state index >= 15 is 4.39 Å². The number of benzene rings is 2. The van der Waals surface area contributed by atoms with E-state index in [2.05, 4.69) is 16.0 Å². The van der Waals surface area contributed by atoms with Crippen LogP contribution in [-0.4, -0.2) is 143 Å². The molecule has 70 heavy (non-hydrogen) atoms. The van der Waals surface area contributed by atoms with Crippen LogP contribution in [0.15, 0.2) is 41.2 Å². The fourth-order valence-electron chi connectivity index (χ4n) is 9.22. The minimum absolute atomic E-state index is 0.0126. The molecule has 380 valence electrons. The molecule has 0 bridgehead atoms. The zero-order valence-corrected chi connectivity index (χ0v) is 40.2. The molecule has 0 unspecified atom stereocenters. The van der Waals surface area contributed by atoms with Crippen molar-refractivity contribution < 1.29 is 62.1 Å². The fourth-order valence-corrected chi connectivity index (χ4v) is 9.22. The number of aromatic nitrogens is 2. The Labute approximate surface area is 405 Å². The minimum Gasteiger partial charge on any atom is -0.465 e. The lowest BCUT2D eigenvalue weighted by molar-refractivity contribution is -0.172. The van der Waals surface area contributed by atoms with Crippen molar-refractivity contribution in [2.45, 2.75) is 71.2 Å². The highest BCUT2D eigenvalue weighted by molar-refractivity contribution is 6.01. The monoisotopic (exact) mass is 976 g/mol. The summed E-state index contributed by atoms with van der Waals surface area (Å²) in [6.45, 7) is 13.1. The molecule has 0 radical (unpaired) electrons. The Morgan fingerprint density at radius 3 is 2.17 bits per heavy atom. The van der Waals surface area contributed by atoms with Crippen LogP contribution < -0.4 is 26.4 Å². The number of nitrogens with zero attached hydrogens (tertiary/aromatic N) is 3. The highest BCUT2D eigenvalue weighted by Crippen LogP contribution is 2.49. The van der Waals surface area contributed by atoms with Crippen LogP contribution in [0.5, 0.6) is 0 Å². The van der Waals surface area contributed by atoms with Gasteiger partial charge in [0, 0.05) is 48.9 Å². The third kappa shape index (κ3) is 12.0. The van der Waals surface area contributed by atoms with Gasteiger partial charge in [-0.25, -0.2) is 19.0 Å². The highest BCUT2D eigenvalue weighted by Gasteiger charge is 2.46. The van der Waals surface area contributed by atoms with Gasteiger partial charge in [-0.1, -0.05) is 19.1 Å². The number of esters is 1. The Hall–Kier alpha value is -5.42. The van der Waals surface area contributed by atoms with Crippen LogP contribution in [0.25, 0.3) is 22.3 Å². The number of amides is 2. The zero-order valence-electron chi connectivity index (χ0n) is 40.2. The van der Waals surface area contributed by atoms with Crippen LogP contribution in [0.4, 0.5) is 20.6 Å². The Morgan fingerprint density at radius 1 is 0.871 bits per heavy atom. The number of carbonyl (C=O) groups excluding carboxylic acids is 2. The quantitative estimate of drug-likeness (QED) is 0.0332. The molecule has 19 nitrogen and oxygen atoms in total. The second kappa shape index (κ2) is 25.1. The number of para-hydroxylation sites is 2. The first kappa shape index (κ1) is 52.4.